The van der Waals surface area contributed by atoms with Crippen LogP contribution in [0.4, 0.5) is 0 Å². The Morgan fingerprint density at radius 3 is 2.50 bits per heavy atom. The zero-order chi connectivity index (χ0) is 11.7. The molecule has 0 spiro atoms. The van der Waals surface area contributed by atoms with Crippen molar-refractivity contribution in [3.8, 4) is 0 Å². The van der Waals surface area contributed by atoms with Gasteiger partial charge >= 0.3 is 5.97 Å². The molecule has 0 aromatic heterocycles. The van der Waals surface area contributed by atoms with Crippen LogP contribution in [0.2, 0.25) is 0 Å². The van der Waals surface area contributed by atoms with E-state index in [4.69, 9.17) is 10.2 Å². The standard InChI is InChI=1S/C12H12O4/c13-5-7-1-8-3-10(6-14)11(12(15)16)4-9(8)2-7/h3-4,6-7,13H,1-2,5H2,(H,15,16). The normalized spacial score (nSPS) is 18.2. The smallest absolute Gasteiger partial charge is 0.336 e. The van der Waals surface area contributed by atoms with Crippen molar-refractivity contribution in [2.24, 2.45) is 5.92 Å². The van der Waals surface area contributed by atoms with Crippen molar-refractivity contribution in [2.45, 2.75) is 12.8 Å². The fourth-order valence-electron chi connectivity index (χ4n) is 2.19. The zero-order valence-electron chi connectivity index (χ0n) is 8.64. The number of aldehydes is 1. The number of carbonyl (C=O) groups is 2. The lowest BCUT2D eigenvalue weighted by atomic mass is 10.0. The summed E-state index contributed by atoms with van der Waals surface area (Å²) in [4.78, 5) is 21.7. The number of hydrogen-bond donors (Lipinski definition) is 2. The van der Waals surface area contributed by atoms with Crippen LogP contribution in [0.1, 0.15) is 31.8 Å². The van der Waals surface area contributed by atoms with Gasteiger partial charge in [-0.3, -0.25) is 4.79 Å². The van der Waals surface area contributed by atoms with Crippen LogP contribution in [0.3, 0.4) is 0 Å². The van der Waals surface area contributed by atoms with Crippen molar-refractivity contribution in [3.05, 3.63) is 34.4 Å². The largest absolute Gasteiger partial charge is 0.478 e. The molecule has 0 aliphatic heterocycles. The van der Waals surface area contributed by atoms with Gasteiger partial charge in [-0.25, -0.2) is 4.79 Å². The van der Waals surface area contributed by atoms with E-state index in [9.17, 15) is 9.59 Å². The summed E-state index contributed by atoms with van der Waals surface area (Å²) in [5.74, 6) is -0.934. The number of aromatic carboxylic acids is 1. The van der Waals surface area contributed by atoms with Crippen LogP contribution in [0, 0.1) is 5.92 Å². The molecule has 1 aromatic rings. The van der Waals surface area contributed by atoms with E-state index in [0.717, 1.165) is 11.1 Å². The monoisotopic (exact) mass is 220 g/mol. The summed E-state index contributed by atoms with van der Waals surface area (Å²) in [5, 5.41) is 18.0. The van der Waals surface area contributed by atoms with Gasteiger partial charge in [-0.05, 0) is 42.0 Å². The molecule has 0 amide bonds. The number of aliphatic hydroxyl groups is 1. The number of rotatable bonds is 3. The van der Waals surface area contributed by atoms with Crippen molar-refractivity contribution < 1.29 is 19.8 Å². The van der Waals surface area contributed by atoms with Gasteiger partial charge in [-0.2, -0.15) is 0 Å². The molecule has 1 aliphatic carbocycles. The van der Waals surface area contributed by atoms with Crippen molar-refractivity contribution in [1.82, 2.24) is 0 Å². The maximum Gasteiger partial charge on any atom is 0.336 e. The van der Waals surface area contributed by atoms with Gasteiger partial charge in [0.05, 0.1) is 5.56 Å². The molecule has 4 nitrogen and oxygen atoms in total. The van der Waals surface area contributed by atoms with E-state index in [1.807, 2.05) is 0 Å². The summed E-state index contributed by atoms with van der Waals surface area (Å²) in [5.41, 5.74) is 2.17. The van der Waals surface area contributed by atoms with Crippen molar-refractivity contribution in [3.63, 3.8) is 0 Å². The Balaban J connectivity index is 2.46. The molecule has 16 heavy (non-hydrogen) atoms. The van der Waals surface area contributed by atoms with E-state index in [1.165, 1.54) is 0 Å². The van der Waals surface area contributed by atoms with Crippen molar-refractivity contribution >= 4 is 12.3 Å². The maximum absolute atomic E-state index is 10.9. The van der Waals surface area contributed by atoms with Crippen LogP contribution in [-0.2, 0) is 12.8 Å². The topological polar surface area (TPSA) is 74.6 Å². The van der Waals surface area contributed by atoms with Crippen LogP contribution in [-0.4, -0.2) is 29.1 Å². The van der Waals surface area contributed by atoms with Gasteiger partial charge in [0.2, 0.25) is 0 Å². The second-order valence-corrected chi connectivity index (χ2v) is 4.09. The lowest BCUT2D eigenvalue weighted by molar-refractivity contribution is 0.0694. The van der Waals surface area contributed by atoms with E-state index >= 15 is 0 Å². The highest BCUT2D eigenvalue weighted by atomic mass is 16.4. The van der Waals surface area contributed by atoms with Gasteiger partial charge in [-0.1, -0.05) is 0 Å². The third-order valence-electron chi connectivity index (χ3n) is 3.00. The molecule has 0 heterocycles. The number of hydrogen-bond acceptors (Lipinski definition) is 3. The molecule has 2 N–H and O–H groups in total. The van der Waals surface area contributed by atoms with Crippen molar-refractivity contribution in [1.29, 1.82) is 0 Å². The average molecular weight is 220 g/mol. The molecule has 4 heteroatoms. The van der Waals surface area contributed by atoms with E-state index in [1.54, 1.807) is 12.1 Å². The van der Waals surface area contributed by atoms with Gasteiger partial charge in [-0.15, -0.1) is 0 Å². The summed E-state index contributed by atoms with van der Waals surface area (Å²) in [7, 11) is 0. The average Bonchev–Trinajstić information content (AvgIpc) is 2.68. The van der Waals surface area contributed by atoms with Crippen LogP contribution in [0.5, 0.6) is 0 Å². The fourth-order valence-corrected chi connectivity index (χ4v) is 2.19. The van der Waals surface area contributed by atoms with E-state index in [-0.39, 0.29) is 23.7 Å². The summed E-state index contributed by atoms with van der Waals surface area (Å²) in [6.45, 7) is 0.0908. The Hall–Kier alpha value is -1.68. The number of carbonyl (C=O) groups excluding carboxylic acids is 1. The first-order valence-electron chi connectivity index (χ1n) is 5.10. The molecule has 1 aliphatic rings. The lowest BCUT2D eigenvalue weighted by Gasteiger charge is -2.04. The molecule has 0 fully saturated rings. The molecule has 0 saturated carbocycles. The fraction of sp³-hybridized carbons (Fsp3) is 0.333. The first kappa shape index (κ1) is 10.8. The molecule has 84 valence electrons. The number of carboxylic acid groups (broad SMARTS) is 1. The predicted molar refractivity (Wildman–Crippen MR) is 56.8 cm³/mol. The Labute approximate surface area is 92.5 Å². The summed E-state index contributed by atoms with van der Waals surface area (Å²) in [6, 6.07) is 3.18. The molecule has 0 saturated heterocycles. The van der Waals surface area contributed by atoms with E-state index in [0.29, 0.717) is 19.1 Å². The first-order chi connectivity index (χ1) is 7.65. The molecule has 1 atom stereocenters. The molecule has 2 rings (SSSR count). The Morgan fingerprint density at radius 1 is 1.38 bits per heavy atom. The second kappa shape index (κ2) is 4.06. The van der Waals surface area contributed by atoms with Gasteiger partial charge < -0.3 is 10.2 Å². The van der Waals surface area contributed by atoms with Crippen LogP contribution in [0.15, 0.2) is 12.1 Å². The van der Waals surface area contributed by atoms with E-state index < -0.39 is 5.97 Å². The highest BCUT2D eigenvalue weighted by Crippen LogP contribution is 2.28. The number of carboxylic acids is 1. The quantitative estimate of drug-likeness (QED) is 0.742. The molecule has 1 aromatic carbocycles. The minimum absolute atomic E-state index is 0.0485. The van der Waals surface area contributed by atoms with Crippen LogP contribution in [0.25, 0.3) is 0 Å². The zero-order valence-corrected chi connectivity index (χ0v) is 8.64. The lowest BCUT2D eigenvalue weighted by Crippen LogP contribution is -2.04. The number of fused-ring (bicyclic) bond motifs is 1. The molecule has 0 bridgehead atoms. The SMILES string of the molecule is O=Cc1cc2c(cc1C(=O)O)CC(CO)C2. The summed E-state index contributed by atoms with van der Waals surface area (Å²) < 4.78 is 0. The molecular weight excluding hydrogens is 208 g/mol. The predicted octanol–water partition coefficient (Wildman–Crippen LogP) is 0.904. The summed E-state index contributed by atoms with van der Waals surface area (Å²) in [6.07, 6.45) is 1.97. The van der Waals surface area contributed by atoms with Crippen LogP contribution >= 0.6 is 0 Å². The summed E-state index contributed by atoms with van der Waals surface area (Å²) >= 11 is 0. The van der Waals surface area contributed by atoms with Gasteiger partial charge in [0, 0.05) is 12.2 Å². The van der Waals surface area contributed by atoms with E-state index in [2.05, 4.69) is 0 Å². The Bertz CT molecular complexity index is 451. The third-order valence-corrected chi connectivity index (χ3v) is 3.00. The van der Waals surface area contributed by atoms with Gasteiger partial charge in [0.15, 0.2) is 6.29 Å². The Kier molecular flexibility index (Phi) is 2.75. The maximum atomic E-state index is 10.9. The first-order valence-corrected chi connectivity index (χ1v) is 5.10. The highest BCUT2D eigenvalue weighted by Gasteiger charge is 2.23. The van der Waals surface area contributed by atoms with Gasteiger partial charge in [0.25, 0.3) is 0 Å². The van der Waals surface area contributed by atoms with Gasteiger partial charge in [0.1, 0.15) is 0 Å². The minimum atomic E-state index is -1.09. The highest BCUT2D eigenvalue weighted by molar-refractivity contribution is 5.97. The number of benzene rings is 1. The van der Waals surface area contributed by atoms with Crippen LogP contribution < -0.4 is 0 Å². The third kappa shape index (κ3) is 1.72. The van der Waals surface area contributed by atoms with Crippen molar-refractivity contribution in [2.75, 3.05) is 6.61 Å². The Morgan fingerprint density at radius 2 is 2.00 bits per heavy atom. The number of aliphatic hydroxyl groups excluding tert-OH is 1. The molecule has 0 radical (unpaired) electrons. The second-order valence-electron chi connectivity index (χ2n) is 4.09. The molecule has 1 unspecified atom stereocenters. The minimum Gasteiger partial charge on any atom is -0.478 e. The molecular formula is C12H12O4.